The van der Waals surface area contributed by atoms with Gasteiger partial charge >= 0.3 is 0 Å². The highest BCUT2D eigenvalue weighted by Gasteiger charge is 2.19. The number of nitrogens with one attached hydrogen (secondary N) is 1. The molecule has 0 fully saturated rings. The van der Waals surface area contributed by atoms with Gasteiger partial charge in [0.25, 0.3) is 0 Å². The summed E-state index contributed by atoms with van der Waals surface area (Å²) in [5.41, 5.74) is 2.89. The maximum Gasteiger partial charge on any atom is 0.106 e. The lowest BCUT2D eigenvalue weighted by molar-refractivity contribution is 0.409. The Hall–Kier alpha value is -0.830. The third-order valence-electron chi connectivity index (χ3n) is 4.15. The van der Waals surface area contributed by atoms with Crippen LogP contribution in [0.5, 0.6) is 0 Å². The summed E-state index contributed by atoms with van der Waals surface area (Å²) in [5, 5.41) is 3.69. The van der Waals surface area contributed by atoms with Crippen LogP contribution in [0.3, 0.4) is 0 Å². The number of rotatable bonds is 7. The van der Waals surface area contributed by atoms with Crippen LogP contribution in [0.2, 0.25) is 0 Å². The van der Waals surface area contributed by atoms with Gasteiger partial charge in [-0.1, -0.05) is 20.3 Å². The van der Waals surface area contributed by atoms with Gasteiger partial charge in [0, 0.05) is 18.3 Å². The Morgan fingerprint density at radius 2 is 2.00 bits per heavy atom. The van der Waals surface area contributed by atoms with Gasteiger partial charge in [-0.2, -0.15) is 0 Å². The van der Waals surface area contributed by atoms with Crippen molar-refractivity contribution in [3.8, 4) is 0 Å². The van der Waals surface area contributed by atoms with Crippen LogP contribution < -0.4 is 5.32 Å². The lowest BCUT2D eigenvalue weighted by Gasteiger charge is -2.22. The lowest BCUT2D eigenvalue weighted by Crippen LogP contribution is -2.34. The van der Waals surface area contributed by atoms with Gasteiger partial charge in [-0.3, -0.25) is 0 Å². The van der Waals surface area contributed by atoms with Crippen LogP contribution in [-0.2, 0) is 19.4 Å². The number of hydrogen-bond donors (Lipinski definition) is 1. The molecule has 2 rings (SSSR count). The largest absolute Gasteiger partial charge is 0.330 e. The van der Waals surface area contributed by atoms with Crippen molar-refractivity contribution in [3.63, 3.8) is 0 Å². The Labute approximate surface area is 117 Å². The van der Waals surface area contributed by atoms with Gasteiger partial charge in [0.15, 0.2) is 0 Å². The minimum Gasteiger partial charge on any atom is -0.330 e. The van der Waals surface area contributed by atoms with E-state index < -0.39 is 0 Å². The number of nitrogens with zero attached hydrogens (tertiary/aromatic N) is 2. The van der Waals surface area contributed by atoms with E-state index in [0.29, 0.717) is 6.04 Å². The molecule has 1 heterocycles. The summed E-state index contributed by atoms with van der Waals surface area (Å²) in [7, 11) is 0. The molecule has 19 heavy (non-hydrogen) atoms. The molecule has 0 radical (unpaired) electrons. The fraction of sp³-hybridized carbons (Fsp3) is 0.812. The molecule has 0 bridgehead atoms. The standard InChI is InChI=1S/C16H29N3/c1-4-8-14(17-11-5-2)12-19-13(3)18-15-9-6-7-10-16(15)19/h14,17H,4-12H2,1-3H3. The fourth-order valence-electron chi connectivity index (χ4n) is 3.15. The molecule has 1 aromatic heterocycles. The van der Waals surface area contributed by atoms with Crippen molar-refractivity contribution in [3.05, 3.63) is 17.2 Å². The second kappa shape index (κ2) is 7.09. The molecule has 1 aliphatic rings. The minimum atomic E-state index is 0.601. The van der Waals surface area contributed by atoms with Crippen molar-refractivity contribution < 1.29 is 0 Å². The normalized spacial score (nSPS) is 16.4. The Kier molecular flexibility index (Phi) is 5.44. The summed E-state index contributed by atoms with van der Waals surface area (Å²) < 4.78 is 2.48. The van der Waals surface area contributed by atoms with Gasteiger partial charge in [-0.05, 0) is 52.0 Å². The van der Waals surface area contributed by atoms with Crippen LogP contribution in [0, 0.1) is 6.92 Å². The molecule has 0 amide bonds. The second-order valence-electron chi connectivity index (χ2n) is 5.81. The summed E-state index contributed by atoms with van der Waals surface area (Å²) in [4.78, 5) is 4.78. The molecule has 0 spiro atoms. The van der Waals surface area contributed by atoms with E-state index in [-0.39, 0.29) is 0 Å². The summed E-state index contributed by atoms with van der Waals surface area (Å²) >= 11 is 0. The van der Waals surface area contributed by atoms with Crippen molar-refractivity contribution in [1.82, 2.24) is 14.9 Å². The number of aryl methyl sites for hydroxylation is 2. The highest BCUT2D eigenvalue weighted by Crippen LogP contribution is 2.22. The number of imidazole rings is 1. The Balaban J connectivity index is 2.09. The number of aromatic nitrogens is 2. The zero-order valence-electron chi connectivity index (χ0n) is 12.8. The predicted molar refractivity (Wildman–Crippen MR) is 80.6 cm³/mol. The predicted octanol–water partition coefficient (Wildman–Crippen LogP) is 3.24. The quantitative estimate of drug-likeness (QED) is 0.818. The Morgan fingerprint density at radius 3 is 2.74 bits per heavy atom. The highest BCUT2D eigenvalue weighted by molar-refractivity contribution is 5.20. The SMILES string of the molecule is CCCNC(CCC)Cn1c(C)nc2c1CCCC2. The number of hydrogen-bond acceptors (Lipinski definition) is 2. The average molecular weight is 263 g/mol. The van der Waals surface area contributed by atoms with Crippen LogP contribution in [-0.4, -0.2) is 22.1 Å². The molecule has 1 atom stereocenters. The molecule has 3 nitrogen and oxygen atoms in total. The smallest absolute Gasteiger partial charge is 0.106 e. The van der Waals surface area contributed by atoms with Gasteiger partial charge in [0.2, 0.25) is 0 Å². The van der Waals surface area contributed by atoms with Crippen molar-refractivity contribution >= 4 is 0 Å². The van der Waals surface area contributed by atoms with E-state index in [0.717, 1.165) is 13.1 Å². The molecular formula is C16H29N3. The molecule has 1 unspecified atom stereocenters. The van der Waals surface area contributed by atoms with Gasteiger partial charge < -0.3 is 9.88 Å². The lowest BCUT2D eigenvalue weighted by atomic mass is 10.0. The first kappa shape index (κ1) is 14.6. The molecule has 0 aromatic carbocycles. The summed E-state index contributed by atoms with van der Waals surface area (Å²) in [6.45, 7) is 8.90. The monoisotopic (exact) mass is 263 g/mol. The van der Waals surface area contributed by atoms with Crippen LogP contribution in [0.4, 0.5) is 0 Å². The van der Waals surface area contributed by atoms with Gasteiger partial charge in [-0.25, -0.2) is 4.98 Å². The van der Waals surface area contributed by atoms with Gasteiger partial charge in [0.1, 0.15) is 5.82 Å². The number of fused-ring (bicyclic) bond motifs is 1. The van der Waals surface area contributed by atoms with Crippen LogP contribution in [0.15, 0.2) is 0 Å². The zero-order valence-corrected chi connectivity index (χ0v) is 12.8. The summed E-state index contributed by atoms with van der Waals surface area (Å²) in [6, 6.07) is 0.601. The molecule has 0 saturated carbocycles. The summed E-state index contributed by atoms with van der Waals surface area (Å²) in [5.74, 6) is 1.21. The first-order valence-electron chi connectivity index (χ1n) is 8.04. The first-order valence-corrected chi connectivity index (χ1v) is 8.04. The van der Waals surface area contributed by atoms with Crippen molar-refractivity contribution in [1.29, 1.82) is 0 Å². The minimum absolute atomic E-state index is 0.601. The first-order chi connectivity index (χ1) is 9.26. The van der Waals surface area contributed by atoms with Crippen molar-refractivity contribution in [2.24, 2.45) is 0 Å². The molecule has 108 valence electrons. The molecule has 1 aromatic rings. The Morgan fingerprint density at radius 1 is 1.21 bits per heavy atom. The molecule has 3 heteroatoms. The summed E-state index contributed by atoms with van der Waals surface area (Å²) in [6.07, 6.45) is 8.77. The van der Waals surface area contributed by atoms with E-state index >= 15 is 0 Å². The third-order valence-corrected chi connectivity index (χ3v) is 4.15. The van der Waals surface area contributed by atoms with Gasteiger partial charge in [-0.15, -0.1) is 0 Å². The molecule has 1 aliphatic carbocycles. The maximum absolute atomic E-state index is 4.78. The molecule has 0 aliphatic heterocycles. The maximum atomic E-state index is 4.78. The van der Waals surface area contributed by atoms with E-state index in [9.17, 15) is 0 Å². The van der Waals surface area contributed by atoms with E-state index in [1.54, 1.807) is 0 Å². The van der Waals surface area contributed by atoms with E-state index in [1.165, 1.54) is 62.2 Å². The van der Waals surface area contributed by atoms with Crippen molar-refractivity contribution in [2.75, 3.05) is 6.54 Å². The fourth-order valence-corrected chi connectivity index (χ4v) is 3.15. The van der Waals surface area contributed by atoms with Gasteiger partial charge in [0.05, 0.1) is 5.69 Å². The van der Waals surface area contributed by atoms with Crippen molar-refractivity contribution in [2.45, 2.75) is 78.3 Å². The zero-order chi connectivity index (χ0) is 13.7. The highest BCUT2D eigenvalue weighted by atomic mass is 15.1. The Bertz CT molecular complexity index is 395. The topological polar surface area (TPSA) is 29.9 Å². The third kappa shape index (κ3) is 3.59. The average Bonchev–Trinajstić information content (AvgIpc) is 2.73. The van der Waals surface area contributed by atoms with E-state index in [1.807, 2.05) is 0 Å². The molecule has 1 N–H and O–H groups in total. The van der Waals surface area contributed by atoms with E-state index in [2.05, 4.69) is 30.7 Å². The van der Waals surface area contributed by atoms with Crippen LogP contribution >= 0.6 is 0 Å². The molecular weight excluding hydrogens is 234 g/mol. The van der Waals surface area contributed by atoms with Crippen LogP contribution in [0.1, 0.15) is 63.2 Å². The molecule has 0 saturated heterocycles. The second-order valence-corrected chi connectivity index (χ2v) is 5.81. The van der Waals surface area contributed by atoms with Crippen LogP contribution in [0.25, 0.3) is 0 Å². The van der Waals surface area contributed by atoms with E-state index in [4.69, 9.17) is 4.98 Å².